The first-order valence-electron chi connectivity index (χ1n) is 5.42. The number of carbonyl (C=O) groups excluding carboxylic acids is 1. The van der Waals surface area contributed by atoms with E-state index in [0.717, 1.165) is 0 Å². The van der Waals surface area contributed by atoms with Gasteiger partial charge in [0.05, 0.1) is 6.10 Å². The first-order chi connectivity index (χ1) is 6.84. The lowest BCUT2D eigenvalue weighted by Crippen LogP contribution is -2.36. The molecule has 0 fully saturated rings. The van der Waals surface area contributed by atoms with Crippen molar-refractivity contribution in [2.75, 3.05) is 6.61 Å². The number of esters is 1. The molecule has 0 aliphatic rings. The van der Waals surface area contributed by atoms with E-state index in [0.29, 0.717) is 12.5 Å². The van der Waals surface area contributed by atoms with E-state index in [9.17, 15) is 4.79 Å². The van der Waals surface area contributed by atoms with Gasteiger partial charge in [-0.05, 0) is 26.7 Å². The summed E-state index contributed by atoms with van der Waals surface area (Å²) in [6.07, 6.45) is -0.364. The standard InChI is InChI=1S/C11H23NO3/c1-7(2)6-14-9(4)10(5)15-11(13)8(3)12/h7-10H,6,12H2,1-5H3/t8-,9-,10-/m0/s1. The molecule has 0 spiro atoms. The molecule has 0 bridgehead atoms. The van der Waals surface area contributed by atoms with Gasteiger partial charge in [-0.3, -0.25) is 4.79 Å². The molecule has 4 nitrogen and oxygen atoms in total. The van der Waals surface area contributed by atoms with E-state index >= 15 is 0 Å². The Morgan fingerprint density at radius 2 is 1.67 bits per heavy atom. The summed E-state index contributed by atoms with van der Waals surface area (Å²) in [6, 6.07) is -0.579. The second-order valence-electron chi connectivity index (χ2n) is 4.36. The molecular formula is C11H23NO3. The van der Waals surface area contributed by atoms with Crippen LogP contribution < -0.4 is 5.73 Å². The highest BCUT2D eigenvalue weighted by Gasteiger charge is 2.19. The Kier molecular flexibility index (Phi) is 6.52. The molecule has 0 aliphatic carbocycles. The van der Waals surface area contributed by atoms with Gasteiger partial charge >= 0.3 is 5.97 Å². The van der Waals surface area contributed by atoms with Crippen molar-refractivity contribution in [3.8, 4) is 0 Å². The zero-order valence-electron chi connectivity index (χ0n) is 10.3. The maximum atomic E-state index is 11.2. The van der Waals surface area contributed by atoms with E-state index < -0.39 is 6.04 Å². The molecule has 0 heterocycles. The van der Waals surface area contributed by atoms with Crippen LogP contribution in [0.3, 0.4) is 0 Å². The predicted molar refractivity (Wildman–Crippen MR) is 59.5 cm³/mol. The Morgan fingerprint density at radius 1 is 1.13 bits per heavy atom. The Hall–Kier alpha value is -0.610. The van der Waals surface area contributed by atoms with Crippen LogP contribution in [0.4, 0.5) is 0 Å². The van der Waals surface area contributed by atoms with Gasteiger partial charge in [0.15, 0.2) is 0 Å². The summed E-state index contributed by atoms with van der Waals surface area (Å²) in [4.78, 5) is 11.2. The van der Waals surface area contributed by atoms with E-state index in [-0.39, 0.29) is 18.2 Å². The fourth-order valence-corrected chi connectivity index (χ4v) is 0.866. The van der Waals surface area contributed by atoms with E-state index in [4.69, 9.17) is 15.2 Å². The molecular weight excluding hydrogens is 194 g/mol. The third kappa shape index (κ3) is 6.47. The van der Waals surface area contributed by atoms with Gasteiger partial charge in [-0.2, -0.15) is 0 Å². The lowest BCUT2D eigenvalue weighted by Gasteiger charge is -2.22. The van der Waals surface area contributed by atoms with E-state index in [1.165, 1.54) is 0 Å². The Morgan fingerprint density at radius 3 is 2.07 bits per heavy atom. The molecule has 0 rings (SSSR count). The fourth-order valence-electron chi connectivity index (χ4n) is 0.866. The van der Waals surface area contributed by atoms with Gasteiger partial charge in [0, 0.05) is 6.61 Å². The summed E-state index contributed by atoms with van der Waals surface area (Å²) >= 11 is 0. The molecule has 3 atom stereocenters. The van der Waals surface area contributed by atoms with Gasteiger partial charge < -0.3 is 15.2 Å². The number of hydrogen-bond donors (Lipinski definition) is 1. The van der Waals surface area contributed by atoms with Gasteiger partial charge in [0.2, 0.25) is 0 Å². The van der Waals surface area contributed by atoms with Gasteiger partial charge in [-0.25, -0.2) is 0 Å². The summed E-state index contributed by atoms with van der Waals surface area (Å²) in [7, 11) is 0. The van der Waals surface area contributed by atoms with Crippen LogP contribution in [0.25, 0.3) is 0 Å². The highest BCUT2D eigenvalue weighted by atomic mass is 16.6. The van der Waals surface area contributed by atoms with Crippen LogP contribution in [0.15, 0.2) is 0 Å². The average molecular weight is 217 g/mol. The number of carbonyl (C=O) groups is 1. The van der Waals surface area contributed by atoms with Crippen molar-refractivity contribution in [2.45, 2.75) is 52.9 Å². The number of ether oxygens (including phenoxy) is 2. The van der Waals surface area contributed by atoms with E-state index in [2.05, 4.69) is 13.8 Å². The average Bonchev–Trinajstić information content (AvgIpc) is 2.13. The summed E-state index contributed by atoms with van der Waals surface area (Å²) < 4.78 is 10.6. The van der Waals surface area contributed by atoms with E-state index in [1.54, 1.807) is 6.92 Å². The van der Waals surface area contributed by atoms with E-state index in [1.807, 2.05) is 13.8 Å². The van der Waals surface area contributed by atoms with Gasteiger partial charge in [-0.1, -0.05) is 13.8 Å². The van der Waals surface area contributed by atoms with Crippen molar-refractivity contribution in [3.63, 3.8) is 0 Å². The molecule has 90 valence electrons. The molecule has 4 heteroatoms. The number of nitrogens with two attached hydrogens (primary N) is 1. The van der Waals surface area contributed by atoms with Crippen LogP contribution in [0.5, 0.6) is 0 Å². The number of rotatable bonds is 6. The molecule has 0 aliphatic heterocycles. The molecule has 0 amide bonds. The molecule has 0 unspecified atom stereocenters. The van der Waals surface area contributed by atoms with Gasteiger partial charge in [-0.15, -0.1) is 0 Å². The monoisotopic (exact) mass is 217 g/mol. The summed E-state index contributed by atoms with van der Waals surface area (Å²) in [5.41, 5.74) is 5.39. The maximum absolute atomic E-state index is 11.2. The molecule has 0 saturated carbocycles. The summed E-state index contributed by atoms with van der Waals surface area (Å²) in [6.45, 7) is 10.1. The van der Waals surface area contributed by atoms with Crippen molar-refractivity contribution in [1.29, 1.82) is 0 Å². The van der Waals surface area contributed by atoms with Crippen molar-refractivity contribution in [1.82, 2.24) is 0 Å². The van der Waals surface area contributed by atoms with Gasteiger partial charge in [0.1, 0.15) is 12.1 Å². The van der Waals surface area contributed by atoms with Crippen molar-refractivity contribution >= 4 is 5.97 Å². The molecule has 2 N–H and O–H groups in total. The topological polar surface area (TPSA) is 61.5 Å². The Bertz CT molecular complexity index is 192. The lowest BCUT2D eigenvalue weighted by molar-refractivity contribution is -0.156. The Balaban J connectivity index is 3.88. The summed E-state index contributed by atoms with van der Waals surface area (Å²) in [5.74, 6) is 0.0891. The van der Waals surface area contributed by atoms with Crippen LogP contribution in [-0.4, -0.2) is 30.8 Å². The van der Waals surface area contributed by atoms with Crippen LogP contribution in [0, 0.1) is 5.92 Å². The maximum Gasteiger partial charge on any atom is 0.322 e. The third-order valence-electron chi connectivity index (χ3n) is 2.03. The largest absolute Gasteiger partial charge is 0.459 e. The van der Waals surface area contributed by atoms with Crippen LogP contribution in [0.1, 0.15) is 34.6 Å². The van der Waals surface area contributed by atoms with Crippen molar-refractivity contribution < 1.29 is 14.3 Å². The lowest BCUT2D eigenvalue weighted by atomic mass is 10.2. The highest BCUT2D eigenvalue weighted by molar-refractivity contribution is 5.75. The second-order valence-corrected chi connectivity index (χ2v) is 4.36. The second kappa shape index (κ2) is 6.80. The molecule has 0 aromatic rings. The van der Waals surface area contributed by atoms with Crippen LogP contribution in [-0.2, 0) is 14.3 Å². The zero-order valence-corrected chi connectivity index (χ0v) is 10.3. The molecule has 0 aromatic heterocycles. The normalized spacial score (nSPS) is 17.3. The van der Waals surface area contributed by atoms with Gasteiger partial charge in [0.25, 0.3) is 0 Å². The molecule has 15 heavy (non-hydrogen) atoms. The minimum Gasteiger partial charge on any atom is -0.459 e. The SMILES string of the molecule is CC(C)CO[C@@H](C)[C@H](C)OC(=O)[C@H](C)N. The first kappa shape index (κ1) is 14.4. The van der Waals surface area contributed by atoms with Crippen LogP contribution >= 0.6 is 0 Å². The molecule has 0 saturated heterocycles. The van der Waals surface area contributed by atoms with Crippen molar-refractivity contribution in [2.24, 2.45) is 11.7 Å². The molecule has 0 radical (unpaired) electrons. The number of hydrogen-bond acceptors (Lipinski definition) is 4. The fraction of sp³-hybridized carbons (Fsp3) is 0.909. The predicted octanol–water partition coefficient (Wildman–Crippen LogP) is 1.33. The minimum absolute atomic E-state index is 0.102. The summed E-state index contributed by atoms with van der Waals surface area (Å²) in [5, 5.41) is 0. The highest BCUT2D eigenvalue weighted by Crippen LogP contribution is 2.06. The first-order valence-corrected chi connectivity index (χ1v) is 5.42. The smallest absolute Gasteiger partial charge is 0.322 e. The minimum atomic E-state index is -0.579. The quantitative estimate of drug-likeness (QED) is 0.682. The van der Waals surface area contributed by atoms with Crippen molar-refractivity contribution in [3.05, 3.63) is 0 Å². The third-order valence-corrected chi connectivity index (χ3v) is 2.03. The zero-order chi connectivity index (χ0) is 12.0. The molecule has 0 aromatic carbocycles. The van der Waals surface area contributed by atoms with Crippen LogP contribution in [0.2, 0.25) is 0 Å². The Labute approximate surface area is 92.1 Å².